The Kier molecular flexibility index (Phi) is 4.54. The molecule has 0 radical (unpaired) electrons. The molecule has 2 aromatic heterocycles. The standard InChI is InChI=1S/C18H17FN6O/c1-4-12-5-11(7-20)6-13(19)15(12)24-17-9(2)14-16(22-8-21-14)18(25-17)23-10(3)26/h5-6,8H,4H2,1-3H3,(H,21,22)(H2,23,24,25,26). The number of rotatable bonds is 4. The van der Waals surface area contributed by atoms with E-state index in [1.807, 2.05) is 19.9 Å². The molecule has 3 N–H and O–H groups in total. The number of nitriles is 1. The fraction of sp³-hybridized carbons (Fsp3) is 0.222. The predicted molar refractivity (Wildman–Crippen MR) is 96.7 cm³/mol. The molecule has 132 valence electrons. The van der Waals surface area contributed by atoms with E-state index in [1.165, 1.54) is 19.3 Å². The van der Waals surface area contributed by atoms with Gasteiger partial charge >= 0.3 is 0 Å². The van der Waals surface area contributed by atoms with Gasteiger partial charge in [0.25, 0.3) is 0 Å². The number of pyridine rings is 1. The molecule has 0 aliphatic heterocycles. The van der Waals surface area contributed by atoms with E-state index in [9.17, 15) is 9.18 Å². The van der Waals surface area contributed by atoms with Crippen molar-refractivity contribution in [2.75, 3.05) is 10.6 Å². The van der Waals surface area contributed by atoms with Crippen LogP contribution in [0.5, 0.6) is 0 Å². The van der Waals surface area contributed by atoms with Crippen LogP contribution in [0.1, 0.15) is 30.5 Å². The topological polar surface area (TPSA) is 106 Å². The maximum Gasteiger partial charge on any atom is 0.222 e. The summed E-state index contributed by atoms with van der Waals surface area (Å²) in [4.78, 5) is 23.1. The number of aromatic nitrogens is 3. The van der Waals surface area contributed by atoms with E-state index in [-0.39, 0.29) is 17.2 Å². The fourth-order valence-corrected chi connectivity index (χ4v) is 2.77. The Balaban J connectivity index is 2.14. The summed E-state index contributed by atoms with van der Waals surface area (Å²) in [6.07, 6.45) is 2.05. The van der Waals surface area contributed by atoms with Gasteiger partial charge in [-0.25, -0.2) is 14.4 Å². The summed E-state index contributed by atoms with van der Waals surface area (Å²) in [5.74, 6) is -0.121. The Bertz CT molecular complexity index is 1050. The van der Waals surface area contributed by atoms with Gasteiger partial charge in [-0.3, -0.25) is 4.79 Å². The number of H-pyrrole nitrogens is 1. The second-order valence-electron chi connectivity index (χ2n) is 5.82. The SMILES string of the molecule is CCc1cc(C#N)cc(F)c1Nc1nc(NC(C)=O)c2[nH]cnc2c1C. The number of anilines is 3. The van der Waals surface area contributed by atoms with Crippen LogP contribution in [0, 0.1) is 24.1 Å². The van der Waals surface area contributed by atoms with E-state index >= 15 is 0 Å². The number of imidazole rings is 1. The Labute approximate surface area is 149 Å². The number of carbonyl (C=O) groups is 1. The van der Waals surface area contributed by atoms with Crippen LogP contribution in [0.15, 0.2) is 18.5 Å². The molecule has 0 aliphatic carbocycles. The van der Waals surface area contributed by atoms with Crippen LogP contribution in [0.3, 0.4) is 0 Å². The third-order valence-corrected chi connectivity index (χ3v) is 4.03. The van der Waals surface area contributed by atoms with E-state index in [1.54, 1.807) is 6.07 Å². The van der Waals surface area contributed by atoms with Crippen LogP contribution in [0.25, 0.3) is 11.0 Å². The van der Waals surface area contributed by atoms with Crippen LogP contribution in [0.4, 0.5) is 21.7 Å². The van der Waals surface area contributed by atoms with Crippen molar-refractivity contribution in [2.24, 2.45) is 0 Å². The van der Waals surface area contributed by atoms with E-state index in [0.717, 1.165) is 0 Å². The molecule has 1 amide bonds. The predicted octanol–water partition coefficient (Wildman–Crippen LogP) is 3.54. The van der Waals surface area contributed by atoms with Gasteiger partial charge in [-0.05, 0) is 31.0 Å². The minimum absolute atomic E-state index is 0.255. The summed E-state index contributed by atoms with van der Waals surface area (Å²) < 4.78 is 14.5. The summed E-state index contributed by atoms with van der Waals surface area (Å²) in [5.41, 5.74) is 3.10. The molecule has 0 saturated carbocycles. The Hall–Kier alpha value is -3.47. The molecule has 0 spiro atoms. The average Bonchev–Trinajstić information content (AvgIpc) is 3.10. The van der Waals surface area contributed by atoms with Crippen molar-refractivity contribution in [3.63, 3.8) is 0 Å². The van der Waals surface area contributed by atoms with E-state index in [2.05, 4.69) is 25.6 Å². The molecule has 0 fully saturated rings. The lowest BCUT2D eigenvalue weighted by molar-refractivity contribution is -0.114. The molecule has 3 rings (SSSR count). The Morgan fingerprint density at radius 3 is 2.81 bits per heavy atom. The average molecular weight is 352 g/mol. The molecule has 0 aliphatic rings. The first-order valence-corrected chi connectivity index (χ1v) is 8.05. The summed E-state index contributed by atoms with van der Waals surface area (Å²) in [6.45, 7) is 5.07. The number of amides is 1. The van der Waals surface area contributed by atoms with Gasteiger partial charge in [0.15, 0.2) is 5.82 Å². The molecule has 26 heavy (non-hydrogen) atoms. The van der Waals surface area contributed by atoms with Crippen molar-refractivity contribution in [2.45, 2.75) is 27.2 Å². The first-order chi connectivity index (χ1) is 12.4. The molecule has 0 unspecified atom stereocenters. The van der Waals surface area contributed by atoms with Crippen molar-refractivity contribution >= 4 is 34.3 Å². The van der Waals surface area contributed by atoms with Gasteiger partial charge in [0, 0.05) is 12.5 Å². The normalized spacial score (nSPS) is 10.6. The van der Waals surface area contributed by atoms with Gasteiger partial charge in [0.1, 0.15) is 17.2 Å². The molecule has 2 heterocycles. The summed E-state index contributed by atoms with van der Waals surface area (Å²) >= 11 is 0. The first kappa shape index (κ1) is 17.4. The molecule has 1 aromatic carbocycles. The second-order valence-corrected chi connectivity index (χ2v) is 5.82. The highest BCUT2D eigenvalue weighted by Gasteiger charge is 2.17. The number of carbonyl (C=O) groups excluding carboxylic acids is 1. The first-order valence-electron chi connectivity index (χ1n) is 8.05. The Morgan fingerprint density at radius 1 is 1.38 bits per heavy atom. The van der Waals surface area contributed by atoms with E-state index < -0.39 is 5.82 Å². The number of hydrogen-bond donors (Lipinski definition) is 3. The van der Waals surface area contributed by atoms with Crippen LogP contribution in [0.2, 0.25) is 0 Å². The lowest BCUT2D eigenvalue weighted by atomic mass is 10.1. The van der Waals surface area contributed by atoms with Gasteiger partial charge in [-0.15, -0.1) is 0 Å². The number of fused-ring (bicyclic) bond motifs is 1. The highest BCUT2D eigenvalue weighted by atomic mass is 19.1. The van der Waals surface area contributed by atoms with Crippen LogP contribution >= 0.6 is 0 Å². The number of hydrogen-bond acceptors (Lipinski definition) is 5. The van der Waals surface area contributed by atoms with Gasteiger partial charge < -0.3 is 15.6 Å². The zero-order valence-corrected chi connectivity index (χ0v) is 14.6. The second kappa shape index (κ2) is 6.80. The van der Waals surface area contributed by atoms with Crippen LogP contribution in [-0.4, -0.2) is 20.9 Å². The van der Waals surface area contributed by atoms with Crippen molar-refractivity contribution in [1.29, 1.82) is 5.26 Å². The third kappa shape index (κ3) is 3.07. The molecule has 0 saturated heterocycles. The van der Waals surface area contributed by atoms with Gasteiger partial charge in [-0.1, -0.05) is 6.92 Å². The summed E-state index contributed by atoms with van der Waals surface area (Å²) in [7, 11) is 0. The molecule has 7 nitrogen and oxygen atoms in total. The minimum Gasteiger partial charge on any atom is -0.342 e. The van der Waals surface area contributed by atoms with Crippen molar-refractivity contribution in [1.82, 2.24) is 15.0 Å². The molecule has 0 atom stereocenters. The highest BCUT2D eigenvalue weighted by Crippen LogP contribution is 2.31. The summed E-state index contributed by atoms with van der Waals surface area (Å²) in [5, 5.41) is 14.7. The number of aryl methyl sites for hydroxylation is 2. The largest absolute Gasteiger partial charge is 0.342 e. The Morgan fingerprint density at radius 2 is 2.15 bits per heavy atom. The van der Waals surface area contributed by atoms with Gasteiger partial charge in [0.05, 0.1) is 29.2 Å². The lowest BCUT2D eigenvalue weighted by Gasteiger charge is -2.15. The fourth-order valence-electron chi connectivity index (χ4n) is 2.77. The lowest BCUT2D eigenvalue weighted by Crippen LogP contribution is -2.10. The molecule has 8 heteroatoms. The molecule has 3 aromatic rings. The zero-order chi connectivity index (χ0) is 18.8. The molecule has 0 bridgehead atoms. The molecular weight excluding hydrogens is 335 g/mol. The van der Waals surface area contributed by atoms with Crippen molar-refractivity contribution < 1.29 is 9.18 Å². The van der Waals surface area contributed by atoms with Crippen molar-refractivity contribution in [3.05, 3.63) is 41.0 Å². The van der Waals surface area contributed by atoms with E-state index in [0.29, 0.717) is 40.2 Å². The number of nitrogens with zero attached hydrogens (tertiary/aromatic N) is 3. The van der Waals surface area contributed by atoms with Gasteiger partial charge in [0.2, 0.25) is 5.91 Å². The van der Waals surface area contributed by atoms with Crippen LogP contribution < -0.4 is 10.6 Å². The number of aromatic amines is 1. The smallest absolute Gasteiger partial charge is 0.222 e. The number of halogens is 1. The number of nitrogens with one attached hydrogen (secondary N) is 3. The third-order valence-electron chi connectivity index (χ3n) is 4.03. The molecular formula is C18H17FN6O. The zero-order valence-electron chi connectivity index (χ0n) is 14.6. The van der Waals surface area contributed by atoms with Crippen LogP contribution in [-0.2, 0) is 11.2 Å². The maximum absolute atomic E-state index is 14.5. The maximum atomic E-state index is 14.5. The van der Waals surface area contributed by atoms with Crippen molar-refractivity contribution in [3.8, 4) is 6.07 Å². The number of benzene rings is 1. The summed E-state index contributed by atoms with van der Waals surface area (Å²) in [6, 6.07) is 4.77. The monoisotopic (exact) mass is 352 g/mol. The van der Waals surface area contributed by atoms with E-state index in [4.69, 9.17) is 5.26 Å². The minimum atomic E-state index is -0.537. The highest BCUT2D eigenvalue weighted by molar-refractivity contribution is 5.99. The quantitative estimate of drug-likeness (QED) is 0.666. The van der Waals surface area contributed by atoms with Gasteiger partial charge in [-0.2, -0.15) is 5.26 Å².